The molecule has 1 aliphatic rings. The molecule has 2 heterocycles. The highest BCUT2D eigenvalue weighted by Gasteiger charge is 2.26. The predicted octanol–water partition coefficient (Wildman–Crippen LogP) is 5.31. The van der Waals surface area contributed by atoms with Crippen LogP contribution < -0.4 is 20.2 Å². The maximum atomic E-state index is 13.4. The smallest absolute Gasteiger partial charge is 0.262 e. The Kier molecular flexibility index (Phi) is 8.11. The second-order valence-electron chi connectivity index (χ2n) is 9.28. The van der Waals surface area contributed by atoms with Crippen LogP contribution in [-0.4, -0.2) is 45.4 Å². The van der Waals surface area contributed by atoms with Crippen LogP contribution in [0.3, 0.4) is 0 Å². The summed E-state index contributed by atoms with van der Waals surface area (Å²) in [5, 5.41) is 3.23. The first-order valence-electron chi connectivity index (χ1n) is 12.7. The zero-order valence-corrected chi connectivity index (χ0v) is 23.3. The Bertz CT molecular complexity index is 1700. The van der Waals surface area contributed by atoms with Gasteiger partial charge in [0.25, 0.3) is 5.91 Å². The van der Waals surface area contributed by atoms with Crippen LogP contribution in [-0.2, 0) is 14.8 Å². The van der Waals surface area contributed by atoms with Crippen molar-refractivity contribution in [3.63, 3.8) is 0 Å². The monoisotopic (exact) mass is 582 g/mol. The minimum atomic E-state index is -3.58. The number of carbonyl (C=O) groups is 1. The summed E-state index contributed by atoms with van der Waals surface area (Å²) in [6, 6.07) is 17.5. The van der Waals surface area contributed by atoms with E-state index in [9.17, 15) is 18.0 Å². The standard InChI is InChI=1S/C29H27ClN2O7S/c1-37-22-10-5-19(6-11-22)28-29(27(34)24-17-20(30)7-14-25(24)39-28)38-18-26(33)31-21-8-12-23(13-9-21)40(35,36)32-15-3-2-4-16-32/h5-14,17H,2-4,15-16,18H2,1H3,(H,31,33). The lowest BCUT2D eigenvalue weighted by atomic mass is 10.1. The molecule has 9 nitrogen and oxygen atoms in total. The number of hydrogen-bond donors (Lipinski definition) is 1. The first-order valence-corrected chi connectivity index (χ1v) is 14.5. The summed E-state index contributed by atoms with van der Waals surface area (Å²) < 4.78 is 44.2. The molecule has 0 bridgehead atoms. The molecule has 1 saturated heterocycles. The number of rotatable bonds is 8. The molecule has 0 radical (unpaired) electrons. The average Bonchev–Trinajstić information content (AvgIpc) is 2.97. The molecular weight excluding hydrogens is 556 g/mol. The van der Waals surface area contributed by atoms with Gasteiger partial charge >= 0.3 is 0 Å². The van der Waals surface area contributed by atoms with Crippen molar-refractivity contribution >= 4 is 44.2 Å². The van der Waals surface area contributed by atoms with Gasteiger partial charge in [-0.25, -0.2) is 8.42 Å². The van der Waals surface area contributed by atoms with Crippen molar-refractivity contribution in [2.24, 2.45) is 0 Å². The minimum absolute atomic E-state index is 0.141. The summed E-state index contributed by atoms with van der Waals surface area (Å²) >= 11 is 6.09. The molecule has 11 heteroatoms. The third-order valence-corrected chi connectivity index (χ3v) is 8.75. The maximum absolute atomic E-state index is 13.4. The van der Waals surface area contributed by atoms with Gasteiger partial charge in [0.1, 0.15) is 11.3 Å². The summed E-state index contributed by atoms with van der Waals surface area (Å²) in [6.07, 6.45) is 2.71. The van der Waals surface area contributed by atoms with E-state index in [0.717, 1.165) is 19.3 Å². The van der Waals surface area contributed by atoms with E-state index in [0.29, 0.717) is 40.7 Å². The van der Waals surface area contributed by atoms with Gasteiger partial charge in [-0.05, 0) is 79.6 Å². The van der Waals surface area contributed by atoms with Gasteiger partial charge in [0.15, 0.2) is 12.4 Å². The number of hydrogen-bond acceptors (Lipinski definition) is 7. The Balaban J connectivity index is 1.35. The summed E-state index contributed by atoms with van der Waals surface area (Å²) in [4.78, 5) is 26.3. The van der Waals surface area contributed by atoms with Gasteiger partial charge in [0.2, 0.25) is 21.2 Å². The van der Waals surface area contributed by atoms with E-state index in [2.05, 4.69) is 5.32 Å². The molecule has 0 unspecified atom stereocenters. The van der Waals surface area contributed by atoms with Crippen molar-refractivity contribution in [2.75, 3.05) is 32.1 Å². The number of fused-ring (bicyclic) bond motifs is 1. The molecule has 0 aliphatic carbocycles. The zero-order valence-electron chi connectivity index (χ0n) is 21.7. The normalized spacial score (nSPS) is 14.2. The highest BCUT2D eigenvalue weighted by molar-refractivity contribution is 7.89. The molecule has 1 aromatic heterocycles. The number of sulfonamides is 1. The highest BCUT2D eigenvalue weighted by atomic mass is 35.5. The van der Waals surface area contributed by atoms with Gasteiger partial charge in [-0.3, -0.25) is 9.59 Å². The average molecular weight is 583 g/mol. The van der Waals surface area contributed by atoms with Gasteiger partial charge in [-0.2, -0.15) is 4.31 Å². The predicted molar refractivity (Wildman–Crippen MR) is 153 cm³/mol. The third-order valence-electron chi connectivity index (χ3n) is 6.60. The topological polar surface area (TPSA) is 115 Å². The van der Waals surface area contributed by atoms with Crippen molar-refractivity contribution in [1.82, 2.24) is 4.31 Å². The van der Waals surface area contributed by atoms with E-state index in [1.54, 1.807) is 43.5 Å². The first-order chi connectivity index (χ1) is 19.3. The van der Waals surface area contributed by atoms with E-state index in [1.807, 2.05) is 0 Å². The van der Waals surface area contributed by atoms with Crippen LogP contribution >= 0.6 is 11.6 Å². The Morgan fingerprint density at radius 2 is 1.70 bits per heavy atom. The van der Waals surface area contributed by atoms with Crippen LogP contribution in [0.15, 0.2) is 80.8 Å². The van der Waals surface area contributed by atoms with Gasteiger partial charge in [0.05, 0.1) is 17.4 Å². The number of halogens is 1. The zero-order chi connectivity index (χ0) is 28.3. The minimum Gasteiger partial charge on any atom is -0.497 e. The molecule has 1 aliphatic heterocycles. The first kappa shape index (κ1) is 27.7. The lowest BCUT2D eigenvalue weighted by Gasteiger charge is -2.25. The maximum Gasteiger partial charge on any atom is 0.262 e. The molecule has 0 saturated carbocycles. The molecule has 40 heavy (non-hydrogen) atoms. The van der Waals surface area contributed by atoms with Crippen LogP contribution in [0.1, 0.15) is 19.3 Å². The van der Waals surface area contributed by atoms with Crippen molar-refractivity contribution in [3.8, 4) is 22.8 Å². The molecule has 0 spiro atoms. The lowest BCUT2D eigenvalue weighted by Crippen LogP contribution is -2.35. The number of anilines is 1. The summed E-state index contributed by atoms with van der Waals surface area (Å²) in [7, 11) is -2.04. The van der Waals surface area contributed by atoms with Gasteiger partial charge in [0, 0.05) is 29.4 Å². The summed E-state index contributed by atoms with van der Waals surface area (Å²) in [5.41, 5.74) is 0.779. The van der Waals surface area contributed by atoms with Crippen molar-refractivity contribution < 1.29 is 27.1 Å². The van der Waals surface area contributed by atoms with Gasteiger partial charge in [-0.1, -0.05) is 18.0 Å². The molecule has 3 aromatic carbocycles. The second-order valence-corrected chi connectivity index (χ2v) is 11.7. The number of ether oxygens (including phenoxy) is 2. The number of benzene rings is 3. The molecule has 4 aromatic rings. The van der Waals surface area contributed by atoms with Crippen LogP contribution in [0.4, 0.5) is 5.69 Å². The third kappa shape index (κ3) is 5.84. The Hall–Kier alpha value is -3.86. The fraction of sp³-hybridized carbons (Fsp3) is 0.241. The van der Waals surface area contributed by atoms with Crippen LogP contribution in [0.2, 0.25) is 5.02 Å². The lowest BCUT2D eigenvalue weighted by molar-refractivity contribution is -0.118. The summed E-state index contributed by atoms with van der Waals surface area (Å²) in [6.45, 7) is 0.519. The van der Waals surface area contributed by atoms with Crippen molar-refractivity contribution in [2.45, 2.75) is 24.2 Å². The molecule has 5 rings (SSSR count). The Labute approximate surface area is 236 Å². The van der Waals surface area contributed by atoms with Crippen molar-refractivity contribution in [3.05, 3.63) is 82.0 Å². The van der Waals surface area contributed by atoms with Gasteiger partial charge in [-0.15, -0.1) is 0 Å². The fourth-order valence-corrected chi connectivity index (χ4v) is 6.20. The molecule has 0 atom stereocenters. The SMILES string of the molecule is COc1ccc(-c2oc3ccc(Cl)cc3c(=O)c2OCC(=O)Nc2ccc(S(=O)(=O)N3CCCCC3)cc2)cc1. The number of piperidine rings is 1. The number of nitrogens with zero attached hydrogens (tertiary/aromatic N) is 1. The van der Waals surface area contributed by atoms with E-state index >= 15 is 0 Å². The quantitative estimate of drug-likeness (QED) is 0.299. The molecule has 1 amide bonds. The van der Waals surface area contributed by atoms with E-state index in [4.69, 9.17) is 25.5 Å². The molecule has 1 fully saturated rings. The number of nitrogens with one attached hydrogen (secondary N) is 1. The fourth-order valence-electron chi connectivity index (χ4n) is 4.51. The highest BCUT2D eigenvalue weighted by Crippen LogP contribution is 2.33. The Morgan fingerprint density at radius 1 is 1.00 bits per heavy atom. The van der Waals surface area contributed by atoms with Crippen LogP contribution in [0.5, 0.6) is 11.5 Å². The largest absolute Gasteiger partial charge is 0.497 e. The number of methoxy groups -OCH3 is 1. The second kappa shape index (κ2) is 11.7. The molecule has 208 valence electrons. The number of amides is 1. The van der Waals surface area contributed by atoms with E-state index in [-0.39, 0.29) is 21.8 Å². The summed E-state index contributed by atoms with van der Waals surface area (Å²) in [5.74, 6) is 0.0915. The van der Waals surface area contributed by atoms with E-state index in [1.165, 1.54) is 34.6 Å². The Morgan fingerprint density at radius 3 is 2.38 bits per heavy atom. The van der Waals surface area contributed by atoms with Gasteiger partial charge < -0.3 is 19.2 Å². The van der Waals surface area contributed by atoms with E-state index < -0.39 is 28.0 Å². The molecule has 1 N–H and O–H groups in total. The van der Waals surface area contributed by atoms with Crippen LogP contribution in [0, 0.1) is 0 Å². The number of carbonyl (C=O) groups excluding carboxylic acids is 1. The molecular formula is C29H27ClN2O7S. The van der Waals surface area contributed by atoms with Crippen molar-refractivity contribution in [1.29, 1.82) is 0 Å². The van der Waals surface area contributed by atoms with Crippen LogP contribution in [0.25, 0.3) is 22.3 Å².